The van der Waals surface area contributed by atoms with Crippen molar-refractivity contribution in [1.82, 2.24) is 5.32 Å². The summed E-state index contributed by atoms with van der Waals surface area (Å²) in [5.41, 5.74) is 7.82. The Morgan fingerprint density at radius 1 is 1.22 bits per heavy atom. The molecule has 1 aliphatic rings. The second-order valence-corrected chi connectivity index (χ2v) is 7.43. The van der Waals surface area contributed by atoms with Crippen LogP contribution in [-0.4, -0.2) is 18.0 Å². The first kappa shape index (κ1) is 16.1. The number of nitrogens with one attached hydrogen (secondary N) is 1. The van der Waals surface area contributed by atoms with Crippen LogP contribution >= 0.6 is 11.3 Å². The zero-order valence-corrected chi connectivity index (χ0v) is 14.0. The Hall–Kier alpha value is -1.72. The minimum Gasteiger partial charge on any atom is -0.349 e. The maximum absolute atomic E-state index is 13.1. The molecule has 3 rings (SSSR count). The molecule has 1 amide bonds. The van der Waals surface area contributed by atoms with Crippen LogP contribution in [0.1, 0.15) is 40.2 Å². The summed E-state index contributed by atoms with van der Waals surface area (Å²) in [6.45, 7) is 1.99. The van der Waals surface area contributed by atoms with Gasteiger partial charge in [0.1, 0.15) is 5.82 Å². The third-order valence-corrected chi connectivity index (χ3v) is 5.45. The first-order valence-corrected chi connectivity index (χ1v) is 8.77. The van der Waals surface area contributed by atoms with E-state index in [1.54, 1.807) is 12.1 Å². The molecule has 23 heavy (non-hydrogen) atoms. The maximum atomic E-state index is 13.1. The predicted molar refractivity (Wildman–Crippen MR) is 92.1 cm³/mol. The van der Waals surface area contributed by atoms with Crippen LogP contribution in [0.15, 0.2) is 30.3 Å². The Bertz CT molecular complexity index is 688. The number of rotatable bonds is 3. The van der Waals surface area contributed by atoms with Gasteiger partial charge in [-0.15, -0.1) is 11.3 Å². The van der Waals surface area contributed by atoms with Gasteiger partial charge in [-0.3, -0.25) is 4.79 Å². The smallest absolute Gasteiger partial charge is 0.261 e. The van der Waals surface area contributed by atoms with E-state index in [0.717, 1.165) is 41.7 Å². The average Bonchev–Trinajstić information content (AvgIpc) is 2.92. The summed E-state index contributed by atoms with van der Waals surface area (Å²) in [5.74, 6) is -0.276. The lowest BCUT2D eigenvalue weighted by atomic mass is 9.92. The third-order valence-electron chi connectivity index (χ3n) is 4.40. The fraction of sp³-hybridized carbons (Fsp3) is 0.389. The van der Waals surface area contributed by atoms with E-state index in [4.69, 9.17) is 5.73 Å². The lowest BCUT2D eigenvalue weighted by molar-refractivity contribution is 0.0930. The summed E-state index contributed by atoms with van der Waals surface area (Å²) in [5, 5.41) is 3.11. The largest absolute Gasteiger partial charge is 0.349 e. The molecule has 0 saturated heterocycles. The lowest BCUT2D eigenvalue weighted by Gasteiger charge is -2.26. The molecule has 0 aliphatic heterocycles. The Balaban J connectivity index is 1.72. The van der Waals surface area contributed by atoms with Crippen molar-refractivity contribution in [2.75, 3.05) is 0 Å². The van der Waals surface area contributed by atoms with Crippen molar-refractivity contribution in [1.29, 1.82) is 0 Å². The SMILES string of the molecule is Cc1sc(C(=O)NC2CCC(N)CC2)cc1-c1ccc(F)cc1. The van der Waals surface area contributed by atoms with Gasteiger partial charge in [-0.05, 0) is 61.9 Å². The van der Waals surface area contributed by atoms with Gasteiger partial charge < -0.3 is 11.1 Å². The molecular formula is C18H21FN2OS. The normalized spacial score (nSPS) is 21.2. The van der Waals surface area contributed by atoms with E-state index in [0.29, 0.717) is 4.88 Å². The molecule has 0 atom stereocenters. The van der Waals surface area contributed by atoms with Crippen LogP contribution in [0.3, 0.4) is 0 Å². The van der Waals surface area contributed by atoms with Gasteiger partial charge in [0.05, 0.1) is 4.88 Å². The van der Waals surface area contributed by atoms with Crippen LogP contribution in [0, 0.1) is 12.7 Å². The van der Waals surface area contributed by atoms with Crippen molar-refractivity contribution in [2.24, 2.45) is 5.73 Å². The summed E-state index contributed by atoms with van der Waals surface area (Å²) < 4.78 is 13.1. The van der Waals surface area contributed by atoms with E-state index in [1.807, 2.05) is 13.0 Å². The number of amides is 1. The third kappa shape index (κ3) is 3.79. The van der Waals surface area contributed by atoms with Crippen LogP contribution in [-0.2, 0) is 0 Å². The molecule has 3 nitrogen and oxygen atoms in total. The highest BCUT2D eigenvalue weighted by Crippen LogP contribution is 2.31. The monoisotopic (exact) mass is 332 g/mol. The number of nitrogens with two attached hydrogens (primary N) is 1. The highest BCUT2D eigenvalue weighted by molar-refractivity contribution is 7.14. The van der Waals surface area contributed by atoms with E-state index in [-0.39, 0.29) is 23.8 Å². The Kier molecular flexibility index (Phi) is 4.78. The van der Waals surface area contributed by atoms with Crippen molar-refractivity contribution in [3.05, 3.63) is 45.9 Å². The summed E-state index contributed by atoms with van der Waals surface area (Å²) in [6.07, 6.45) is 3.83. The van der Waals surface area contributed by atoms with Crippen LogP contribution in [0.25, 0.3) is 11.1 Å². The maximum Gasteiger partial charge on any atom is 0.261 e. The van der Waals surface area contributed by atoms with Gasteiger partial charge >= 0.3 is 0 Å². The number of halogens is 1. The van der Waals surface area contributed by atoms with Gasteiger partial charge in [0.25, 0.3) is 5.91 Å². The molecule has 2 aromatic rings. The minimum atomic E-state index is -0.255. The molecule has 1 aromatic heterocycles. The number of aryl methyl sites for hydroxylation is 1. The minimum absolute atomic E-state index is 0.0214. The van der Waals surface area contributed by atoms with Gasteiger partial charge in [-0.25, -0.2) is 4.39 Å². The molecule has 1 aliphatic carbocycles. The van der Waals surface area contributed by atoms with E-state index in [9.17, 15) is 9.18 Å². The van der Waals surface area contributed by atoms with Gasteiger partial charge in [0, 0.05) is 17.0 Å². The van der Waals surface area contributed by atoms with Gasteiger partial charge in [-0.2, -0.15) is 0 Å². The van der Waals surface area contributed by atoms with Crippen molar-refractivity contribution in [3.8, 4) is 11.1 Å². The number of hydrogen-bond donors (Lipinski definition) is 2. The highest BCUT2D eigenvalue weighted by atomic mass is 32.1. The molecular weight excluding hydrogens is 311 g/mol. The van der Waals surface area contributed by atoms with Crippen molar-refractivity contribution < 1.29 is 9.18 Å². The molecule has 0 radical (unpaired) electrons. The molecule has 1 heterocycles. The number of thiophene rings is 1. The molecule has 3 N–H and O–H groups in total. The molecule has 1 aromatic carbocycles. The summed E-state index contributed by atoms with van der Waals surface area (Å²) >= 11 is 1.48. The summed E-state index contributed by atoms with van der Waals surface area (Å²) in [7, 11) is 0. The van der Waals surface area contributed by atoms with Gasteiger partial charge in [-0.1, -0.05) is 12.1 Å². The van der Waals surface area contributed by atoms with Crippen LogP contribution in [0.5, 0.6) is 0 Å². The van der Waals surface area contributed by atoms with E-state index in [1.165, 1.54) is 23.5 Å². The molecule has 1 fully saturated rings. The highest BCUT2D eigenvalue weighted by Gasteiger charge is 2.22. The van der Waals surface area contributed by atoms with E-state index < -0.39 is 0 Å². The fourth-order valence-electron chi connectivity index (χ4n) is 3.03. The summed E-state index contributed by atoms with van der Waals surface area (Å²) in [6, 6.07) is 8.77. The first-order chi connectivity index (χ1) is 11.0. The zero-order valence-electron chi connectivity index (χ0n) is 13.1. The molecule has 0 unspecified atom stereocenters. The van der Waals surface area contributed by atoms with E-state index in [2.05, 4.69) is 5.32 Å². The quantitative estimate of drug-likeness (QED) is 0.896. The number of hydrogen-bond acceptors (Lipinski definition) is 3. The Labute approximate surface area is 139 Å². The standard InChI is InChI=1S/C18H21FN2OS/c1-11-16(12-2-4-13(19)5-3-12)10-17(23-11)18(22)21-15-8-6-14(20)7-9-15/h2-5,10,14-15H,6-9,20H2,1H3,(H,21,22). The van der Waals surface area contributed by atoms with Crippen LogP contribution in [0.4, 0.5) is 4.39 Å². The Morgan fingerprint density at radius 2 is 1.87 bits per heavy atom. The van der Waals surface area contributed by atoms with Crippen LogP contribution in [0.2, 0.25) is 0 Å². The first-order valence-electron chi connectivity index (χ1n) is 7.96. The van der Waals surface area contributed by atoms with Crippen molar-refractivity contribution in [2.45, 2.75) is 44.7 Å². The number of benzene rings is 1. The Morgan fingerprint density at radius 3 is 2.52 bits per heavy atom. The fourth-order valence-corrected chi connectivity index (χ4v) is 3.98. The second kappa shape index (κ2) is 6.81. The molecule has 1 saturated carbocycles. The molecule has 0 bridgehead atoms. The average molecular weight is 332 g/mol. The molecule has 122 valence electrons. The zero-order chi connectivity index (χ0) is 16.4. The molecule has 5 heteroatoms. The number of carbonyl (C=O) groups is 1. The van der Waals surface area contributed by atoms with Crippen molar-refractivity contribution in [3.63, 3.8) is 0 Å². The number of carbonyl (C=O) groups excluding carboxylic acids is 1. The van der Waals surface area contributed by atoms with Gasteiger partial charge in [0.2, 0.25) is 0 Å². The van der Waals surface area contributed by atoms with E-state index >= 15 is 0 Å². The van der Waals surface area contributed by atoms with Crippen LogP contribution < -0.4 is 11.1 Å². The molecule has 0 spiro atoms. The van der Waals surface area contributed by atoms with Crippen molar-refractivity contribution >= 4 is 17.2 Å². The van der Waals surface area contributed by atoms with Gasteiger partial charge in [0.15, 0.2) is 0 Å². The second-order valence-electron chi connectivity index (χ2n) is 6.17. The summed E-state index contributed by atoms with van der Waals surface area (Å²) in [4.78, 5) is 14.2. The lowest BCUT2D eigenvalue weighted by Crippen LogP contribution is -2.40. The topological polar surface area (TPSA) is 55.1 Å². The predicted octanol–water partition coefficient (Wildman–Crippen LogP) is 3.86.